The molecule has 0 radical (unpaired) electrons. The molecule has 36 heavy (non-hydrogen) atoms. The molecule has 1 aliphatic rings. The summed E-state index contributed by atoms with van der Waals surface area (Å²) in [5.74, 6) is 0.937. The SMILES string of the molecule is CC(C)[Si](OC[C@@H](C)[C@@H]1CC[C@H](C)[C@@H]([C@@H](C)/C=C/C(=O)N[C@H](C)c2ccccc2)O1)(C(C)C)C(C)C. The predicted molar refractivity (Wildman–Crippen MR) is 155 cm³/mol. The van der Waals surface area contributed by atoms with Gasteiger partial charge in [0.25, 0.3) is 0 Å². The van der Waals surface area contributed by atoms with Gasteiger partial charge < -0.3 is 14.5 Å². The quantitative estimate of drug-likeness (QED) is 0.226. The second-order valence-electron chi connectivity index (χ2n) is 12.2. The van der Waals surface area contributed by atoms with Crippen LogP contribution in [0.3, 0.4) is 0 Å². The van der Waals surface area contributed by atoms with Crippen LogP contribution in [0.1, 0.15) is 93.7 Å². The highest BCUT2D eigenvalue weighted by Gasteiger charge is 2.45. The number of nitrogens with one attached hydrogen (secondary N) is 1. The van der Waals surface area contributed by atoms with Crippen molar-refractivity contribution in [3.8, 4) is 0 Å². The molecule has 1 saturated heterocycles. The Morgan fingerprint density at radius 1 is 1.00 bits per heavy atom. The molecule has 0 aromatic heterocycles. The molecule has 0 bridgehead atoms. The third-order valence-electron chi connectivity index (χ3n) is 8.47. The first-order valence-corrected chi connectivity index (χ1v) is 16.4. The van der Waals surface area contributed by atoms with Crippen LogP contribution in [0.5, 0.6) is 0 Å². The van der Waals surface area contributed by atoms with Crippen molar-refractivity contribution in [1.29, 1.82) is 0 Å². The maximum absolute atomic E-state index is 12.6. The summed E-state index contributed by atoms with van der Waals surface area (Å²) in [4.78, 5) is 12.6. The van der Waals surface area contributed by atoms with Crippen LogP contribution in [0.15, 0.2) is 42.5 Å². The normalized spacial score (nSPS) is 23.9. The maximum atomic E-state index is 12.6. The Morgan fingerprint density at radius 2 is 1.58 bits per heavy atom. The largest absolute Gasteiger partial charge is 0.416 e. The van der Waals surface area contributed by atoms with Gasteiger partial charge in [-0.3, -0.25) is 4.79 Å². The first-order chi connectivity index (χ1) is 16.9. The minimum Gasteiger partial charge on any atom is -0.416 e. The van der Waals surface area contributed by atoms with Gasteiger partial charge in [-0.25, -0.2) is 0 Å². The fourth-order valence-electron chi connectivity index (χ4n) is 6.37. The van der Waals surface area contributed by atoms with Crippen LogP contribution < -0.4 is 5.32 Å². The Balaban J connectivity index is 1.97. The third kappa shape index (κ3) is 7.78. The molecular formula is C31H53NO3Si. The lowest BCUT2D eigenvalue weighted by atomic mass is 9.84. The lowest BCUT2D eigenvalue weighted by molar-refractivity contribution is -0.120. The summed E-state index contributed by atoms with van der Waals surface area (Å²) in [7, 11) is -1.88. The van der Waals surface area contributed by atoms with Crippen molar-refractivity contribution < 1.29 is 14.0 Å². The summed E-state index contributed by atoms with van der Waals surface area (Å²) < 4.78 is 13.6. The van der Waals surface area contributed by atoms with Gasteiger partial charge in [-0.2, -0.15) is 0 Å². The number of rotatable bonds is 12. The zero-order valence-electron chi connectivity index (χ0n) is 24.6. The lowest BCUT2D eigenvalue weighted by Gasteiger charge is -2.44. The van der Waals surface area contributed by atoms with Gasteiger partial charge in [0.1, 0.15) is 0 Å². The Hall–Kier alpha value is -1.43. The van der Waals surface area contributed by atoms with Crippen LogP contribution in [-0.4, -0.2) is 33.0 Å². The van der Waals surface area contributed by atoms with E-state index in [4.69, 9.17) is 9.16 Å². The molecule has 0 spiro atoms. The van der Waals surface area contributed by atoms with Crippen LogP contribution >= 0.6 is 0 Å². The molecule has 5 heteroatoms. The molecule has 1 aliphatic heterocycles. The Labute approximate surface area is 222 Å². The van der Waals surface area contributed by atoms with Crippen LogP contribution in [0.4, 0.5) is 0 Å². The van der Waals surface area contributed by atoms with Crippen molar-refractivity contribution in [2.24, 2.45) is 17.8 Å². The van der Waals surface area contributed by atoms with Crippen molar-refractivity contribution >= 4 is 14.2 Å². The summed E-state index contributed by atoms with van der Waals surface area (Å²) in [5, 5.41) is 3.07. The Kier molecular flexibility index (Phi) is 11.9. The highest BCUT2D eigenvalue weighted by Crippen LogP contribution is 2.43. The van der Waals surface area contributed by atoms with Gasteiger partial charge in [0.2, 0.25) is 5.91 Å². The van der Waals surface area contributed by atoms with E-state index in [1.807, 2.05) is 43.3 Å². The fraction of sp³-hybridized carbons (Fsp3) is 0.710. The monoisotopic (exact) mass is 515 g/mol. The highest BCUT2D eigenvalue weighted by atomic mass is 28.4. The number of ether oxygens (including phenoxy) is 1. The summed E-state index contributed by atoms with van der Waals surface area (Å²) in [6.07, 6.45) is 6.25. The highest BCUT2D eigenvalue weighted by molar-refractivity contribution is 6.77. The molecule has 1 heterocycles. The number of carbonyl (C=O) groups excluding carboxylic acids is 1. The number of hydrogen-bond donors (Lipinski definition) is 1. The van der Waals surface area contributed by atoms with E-state index in [9.17, 15) is 4.79 Å². The van der Waals surface area contributed by atoms with Gasteiger partial charge in [-0.1, -0.05) is 98.7 Å². The molecule has 0 aliphatic carbocycles. The summed E-state index contributed by atoms with van der Waals surface area (Å²) in [6, 6.07) is 10.0. The first-order valence-electron chi connectivity index (χ1n) is 14.2. The van der Waals surface area contributed by atoms with Crippen LogP contribution in [-0.2, 0) is 14.0 Å². The molecular weight excluding hydrogens is 462 g/mol. The number of carbonyl (C=O) groups is 1. The van der Waals surface area contributed by atoms with Gasteiger partial charge in [-0.15, -0.1) is 0 Å². The van der Waals surface area contributed by atoms with E-state index < -0.39 is 8.32 Å². The standard InChI is InChI=1S/C31H53NO3Si/c1-21(2)36(22(3)4,23(5)6)34-20-26(9)29-18-16-24(7)31(35-29)25(8)17-19-30(33)32-27(10)28-14-12-11-13-15-28/h11-15,17,19,21-27,29,31H,16,18,20H2,1-10H3,(H,32,33)/b19-17+/t24-,25-,26+,27+,29-,31-/m0/s1. The van der Waals surface area contributed by atoms with E-state index in [1.165, 1.54) is 0 Å². The van der Waals surface area contributed by atoms with Crippen molar-refractivity contribution in [2.45, 2.75) is 117 Å². The molecule has 6 atom stereocenters. The van der Waals surface area contributed by atoms with Crippen molar-refractivity contribution in [1.82, 2.24) is 5.32 Å². The minimum atomic E-state index is -1.88. The van der Waals surface area contributed by atoms with Gasteiger partial charge in [0.05, 0.1) is 18.2 Å². The van der Waals surface area contributed by atoms with E-state index in [0.29, 0.717) is 28.5 Å². The lowest BCUT2D eigenvalue weighted by Crippen LogP contribution is -2.49. The fourth-order valence-corrected chi connectivity index (χ4v) is 11.9. The molecule has 0 unspecified atom stereocenters. The Morgan fingerprint density at radius 3 is 2.14 bits per heavy atom. The van der Waals surface area contributed by atoms with Gasteiger partial charge in [-0.05, 0) is 53.9 Å². The summed E-state index contributed by atoms with van der Waals surface area (Å²) >= 11 is 0. The van der Waals surface area contributed by atoms with E-state index >= 15 is 0 Å². The summed E-state index contributed by atoms with van der Waals surface area (Å²) in [6.45, 7) is 23.6. The molecule has 1 N–H and O–H groups in total. The van der Waals surface area contributed by atoms with Crippen LogP contribution in [0.25, 0.3) is 0 Å². The van der Waals surface area contributed by atoms with Crippen molar-refractivity contribution in [2.75, 3.05) is 6.61 Å². The van der Waals surface area contributed by atoms with Gasteiger partial charge in [0.15, 0.2) is 8.32 Å². The van der Waals surface area contributed by atoms with Crippen molar-refractivity contribution in [3.05, 3.63) is 48.0 Å². The van der Waals surface area contributed by atoms with E-state index in [-0.39, 0.29) is 30.1 Å². The van der Waals surface area contributed by atoms with Gasteiger partial charge in [0, 0.05) is 18.4 Å². The van der Waals surface area contributed by atoms with E-state index in [2.05, 4.69) is 67.6 Å². The third-order valence-corrected chi connectivity index (χ3v) is 14.5. The topological polar surface area (TPSA) is 47.6 Å². The second-order valence-corrected chi connectivity index (χ2v) is 17.6. The van der Waals surface area contributed by atoms with E-state index in [0.717, 1.165) is 25.0 Å². The number of amides is 1. The molecule has 1 aromatic rings. The Bertz CT molecular complexity index is 801. The molecule has 2 rings (SSSR count). The van der Waals surface area contributed by atoms with Crippen molar-refractivity contribution in [3.63, 3.8) is 0 Å². The molecule has 1 fully saturated rings. The molecule has 4 nitrogen and oxygen atoms in total. The smallest absolute Gasteiger partial charge is 0.244 e. The number of hydrogen-bond acceptors (Lipinski definition) is 3. The van der Waals surface area contributed by atoms with Gasteiger partial charge >= 0.3 is 0 Å². The van der Waals surface area contributed by atoms with E-state index in [1.54, 1.807) is 6.08 Å². The second kappa shape index (κ2) is 13.9. The average Bonchev–Trinajstić information content (AvgIpc) is 2.82. The average molecular weight is 516 g/mol. The zero-order chi connectivity index (χ0) is 27.0. The first kappa shape index (κ1) is 30.8. The molecule has 204 valence electrons. The predicted octanol–water partition coefficient (Wildman–Crippen LogP) is 8.07. The van der Waals surface area contributed by atoms with Crippen LogP contribution in [0, 0.1) is 17.8 Å². The van der Waals surface area contributed by atoms with Crippen LogP contribution in [0.2, 0.25) is 16.6 Å². The molecule has 0 saturated carbocycles. The maximum Gasteiger partial charge on any atom is 0.244 e. The molecule has 1 amide bonds. The minimum absolute atomic E-state index is 0.0214. The number of benzene rings is 1. The summed E-state index contributed by atoms with van der Waals surface area (Å²) in [5.41, 5.74) is 2.87. The molecule has 1 aromatic carbocycles. The zero-order valence-corrected chi connectivity index (χ0v) is 25.6.